The van der Waals surface area contributed by atoms with Crippen molar-refractivity contribution in [2.75, 3.05) is 18.4 Å². The molecule has 1 unspecified atom stereocenters. The zero-order valence-electron chi connectivity index (χ0n) is 10.4. The molecule has 0 aliphatic carbocycles. The molecule has 19 heavy (non-hydrogen) atoms. The predicted octanol–water partition coefficient (Wildman–Crippen LogP) is 0.737. The smallest absolute Gasteiger partial charge is 0.312 e. The number of para-hydroxylation sites is 1. The summed E-state index contributed by atoms with van der Waals surface area (Å²) in [6.07, 6.45) is 0.162. The number of carbonyl (C=O) groups is 2. The number of nitrogens with one attached hydrogen (secondary N) is 2. The van der Waals surface area contributed by atoms with Gasteiger partial charge in [-0.15, -0.1) is 0 Å². The summed E-state index contributed by atoms with van der Waals surface area (Å²) in [6.45, 7) is 0.0237. The largest absolute Gasteiger partial charge is 0.481 e. The second-order valence-corrected chi connectivity index (χ2v) is 4.01. The fraction of sp³-hybridized carbons (Fsp3) is 0.308. The van der Waals surface area contributed by atoms with Crippen LogP contribution in [0.1, 0.15) is 6.42 Å². The lowest BCUT2D eigenvalue weighted by Crippen LogP contribution is -2.34. The van der Waals surface area contributed by atoms with Crippen LogP contribution in [0.2, 0.25) is 0 Å². The van der Waals surface area contributed by atoms with E-state index in [-0.39, 0.29) is 13.0 Å². The van der Waals surface area contributed by atoms with E-state index < -0.39 is 23.4 Å². The summed E-state index contributed by atoms with van der Waals surface area (Å²) in [6, 6.07) is 9.30. The van der Waals surface area contributed by atoms with Crippen molar-refractivity contribution in [2.24, 2.45) is 11.7 Å². The Balaban J connectivity index is 2.53. The van der Waals surface area contributed by atoms with Gasteiger partial charge in [-0.2, -0.15) is 0 Å². The number of carboxylic acid groups (broad SMARTS) is 1. The standard InChI is InChI=1S/C13H17N3O3/c14-8-11(17)12(15)10(13(18)19)6-7-16-9-4-2-1-3-5-9/h1-5,10,15-16H,6-8,14H2,(H,18,19). The number of carbonyl (C=O) groups excluding carboxylic acids is 1. The lowest BCUT2D eigenvalue weighted by molar-refractivity contribution is -0.139. The van der Waals surface area contributed by atoms with Crippen LogP contribution in [0.5, 0.6) is 0 Å². The van der Waals surface area contributed by atoms with Gasteiger partial charge < -0.3 is 21.6 Å². The molecule has 0 aliphatic rings. The Hall–Kier alpha value is -2.21. The number of anilines is 1. The molecular weight excluding hydrogens is 246 g/mol. The van der Waals surface area contributed by atoms with Gasteiger partial charge in [-0.3, -0.25) is 9.59 Å². The van der Waals surface area contributed by atoms with Crippen molar-refractivity contribution < 1.29 is 14.7 Å². The molecule has 1 rings (SSSR count). The molecule has 1 atom stereocenters. The molecule has 0 amide bonds. The van der Waals surface area contributed by atoms with E-state index in [1.165, 1.54) is 0 Å². The Labute approximate surface area is 111 Å². The maximum Gasteiger partial charge on any atom is 0.312 e. The molecule has 0 fully saturated rings. The minimum atomic E-state index is -1.18. The maximum absolute atomic E-state index is 11.3. The molecule has 0 radical (unpaired) electrons. The number of hydrogen-bond acceptors (Lipinski definition) is 5. The number of Topliss-reactive ketones (excluding diaryl/α,β-unsaturated/α-hetero) is 1. The quantitative estimate of drug-likeness (QED) is 0.516. The van der Waals surface area contributed by atoms with E-state index in [2.05, 4.69) is 5.32 Å². The molecule has 0 aliphatic heterocycles. The van der Waals surface area contributed by atoms with E-state index in [1.54, 1.807) is 0 Å². The van der Waals surface area contributed by atoms with E-state index in [4.69, 9.17) is 16.2 Å². The van der Waals surface area contributed by atoms with E-state index in [0.29, 0.717) is 6.54 Å². The second-order valence-electron chi connectivity index (χ2n) is 4.01. The molecule has 0 aromatic heterocycles. The second kappa shape index (κ2) is 7.27. The number of rotatable bonds is 8. The molecule has 5 N–H and O–H groups in total. The number of benzene rings is 1. The van der Waals surface area contributed by atoms with Crippen molar-refractivity contribution in [3.05, 3.63) is 30.3 Å². The minimum absolute atomic E-state index is 0.162. The molecule has 102 valence electrons. The summed E-state index contributed by atoms with van der Waals surface area (Å²) >= 11 is 0. The van der Waals surface area contributed by atoms with Gasteiger partial charge in [0.25, 0.3) is 0 Å². The summed E-state index contributed by atoms with van der Waals surface area (Å²) in [7, 11) is 0. The maximum atomic E-state index is 11.3. The van der Waals surface area contributed by atoms with Gasteiger partial charge in [-0.05, 0) is 18.6 Å². The first-order valence-corrected chi connectivity index (χ1v) is 5.89. The van der Waals surface area contributed by atoms with Gasteiger partial charge in [0.2, 0.25) is 0 Å². The van der Waals surface area contributed by atoms with E-state index in [0.717, 1.165) is 5.69 Å². The van der Waals surface area contributed by atoms with E-state index >= 15 is 0 Å². The Morgan fingerprint density at radius 3 is 2.47 bits per heavy atom. The molecule has 0 bridgehead atoms. The number of nitrogens with two attached hydrogens (primary N) is 1. The number of aliphatic carboxylic acids is 1. The van der Waals surface area contributed by atoms with E-state index in [9.17, 15) is 9.59 Å². The fourth-order valence-electron chi connectivity index (χ4n) is 1.61. The van der Waals surface area contributed by atoms with Crippen molar-refractivity contribution >= 4 is 23.2 Å². The Kier molecular flexibility index (Phi) is 5.69. The monoisotopic (exact) mass is 263 g/mol. The normalized spacial score (nSPS) is 11.6. The van der Waals surface area contributed by atoms with Crippen LogP contribution in [-0.4, -0.2) is 35.7 Å². The highest BCUT2D eigenvalue weighted by Gasteiger charge is 2.26. The van der Waals surface area contributed by atoms with Crippen LogP contribution in [0.15, 0.2) is 30.3 Å². The highest BCUT2D eigenvalue weighted by atomic mass is 16.4. The summed E-state index contributed by atoms with van der Waals surface area (Å²) in [5.41, 5.74) is 5.56. The highest BCUT2D eigenvalue weighted by molar-refractivity contribution is 6.42. The van der Waals surface area contributed by atoms with Crippen molar-refractivity contribution in [1.29, 1.82) is 5.41 Å². The third kappa shape index (κ3) is 4.51. The Bertz CT molecular complexity index is 459. The van der Waals surface area contributed by atoms with Crippen LogP contribution in [0.4, 0.5) is 5.69 Å². The number of ketones is 1. The van der Waals surface area contributed by atoms with E-state index in [1.807, 2.05) is 30.3 Å². The van der Waals surface area contributed by atoms with Crippen LogP contribution in [-0.2, 0) is 9.59 Å². The fourth-order valence-corrected chi connectivity index (χ4v) is 1.61. The van der Waals surface area contributed by atoms with Gasteiger partial charge in [0.05, 0.1) is 12.3 Å². The van der Waals surface area contributed by atoms with Crippen LogP contribution in [0.25, 0.3) is 0 Å². The molecule has 6 nitrogen and oxygen atoms in total. The van der Waals surface area contributed by atoms with Gasteiger partial charge in [-0.25, -0.2) is 0 Å². The zero-order valence-corrected chi connectivity index (χ0v) is 10.4. The molecule has 1 aromatic rings. The third-order valence-electron chi connectivity index (χ3n) is 2.67. The molecule has 0 heterocycles. The summed E-state index contributed by atoms with van der Waals surface area (Å²) < 4.78 is 0. The molecule has 1 aromatic carbocycles. The van der Waals surface area contributed by atoms with Crippen LogP contribution in [0, 0.1) is 11.3 Å². The summed E-state index contributed by atoms with van der Waals surface area (Å²) in [5.74, 6) is -2.93. The first-order valence-electron chi connectivity index (χ1n) is 5.89. The predicted molar refractivity (Wildman–Crippen MR) is 72.5 cm³/mol. The molecular formula is C13H17N3O3. The SMILES string of the molecule is N=C(C(=O)CN)C(CCNc1ccccc1)C(=O)O. The number of carboxylic acids is 1. The number of hydrogen-bond donors (Lipinski definition) is 4. The molecule has 0 saturated heterocycles. The molecule has 0 spiro atoms. The van der Waals surface area contributed by atoms with Crippen LogP contribution >= 0.6 is 0 Å². The molecule has 0 saturated carbocycles. The van der Waals surface area contributed by atoms with Crippen molar-refractivity contribution in [1.82, 2.24) is 0 Å². The lowest BCUT2D eigenvalue weighted by atomic mass is 9.96. The van der Waals surface area contributed by atoms with Crippen molar-refractivity contribution in [3.8, 4) is 0 Å². The van der Waals surface area contributed by atoms with Crippen molar-refractivity contribution in [3.63, 3.8) is 0 Å². The van der Waals surface area contributed by atoms with Gasteiger partial charge in [0.15, 0.2) is 5.78 Å². The third-order valence-corrected chi connectivity index (χ3v) is 2.67. The van der Waals surface area contributed by atoms with Gasteiger partial charge in [0, 0.05) is 12.2 Å². The Morgan fingerprint density at radius 1 is 1.32 bits per heavy atom. The van der Waals surface area contributed by atoms with Gasteiger partial charge in [-0.1, -0.05) is 18.2 Å². The Morgan fingerprint density at radius 2 is 1.95 bits per heavy atom. The van der Waals surface area contributed by atoms with Gasteiger partial charge in [0.1, 0.15) is 5.92 Å². The average molecular weight is 263 g/mol. The van der Waals surface area contributed by atoms with Crippen LogP contribution < -0.4 is 11.1 Å². The molecule has 6 heteroatoms. The van der Waals surface area contributed by atoms with Crippen molar-refractivity contribution in [2.45, 2.75) is 6.42 Å². The topological polar surface area (TPSA) is 116 Å². The minimum Gasteiger partial charge on any atom is -0.481 e. The summed E-state index contributed by atoms with van der Waals surface area (Å²) in [4.78, 5) is 22.3. The average Bonchev–Trinajstić information content (AvgIpc) is 2.42. The lowest BCUT2D eigenvalue weighted by Gasteiger charge is -2.13. The first-order chi connectivity index (χ1) is 9.06. The summed E-state index contributed by atoms with van der Waals surface area (Å²) in [5, 5.41) is 19.6. The first kappa shape index (κ1) is 14.8. The highest BCUT2D eigenvalue weighted by Crippen LogP contribution is 2.09. The van der Waals surface area contributed by atoms with Crippen LogP contribution in [0.3, 0.4) is 0 Å². The van der Waals surface area contributed by atoms with Gasteiger partial charge >= 0.3 is 5.97 Å². The zero-order chi connectivity index (χ0) is 14.3.